The van der Waals surface area contributed by atoms with Crippen molar-refractivity contribution in [2.45, 2.75) is 37.5 Å². The van der Waals surface area contributed by atoms with Crippen LogP contribution in [0.5, 0.6) is 0 Å². The summed E-state index contributed by atoms with van der Waals surface area (Å²) < 4.78 is 28.7. The molecule has 112 valence electrons. The maximum Gasteiger partial charge on any atom is 0.154 e. The molecule has 2 saturated heterocycles. The maximum absolute atomic E-state index is 11.5. The monoisotopic (exact) mass is 292 g/mol. The Morgan fingerprint density at radius 1 is 1.26 bits per heavy atom. The molecule has 0 aliphatic carbocycles. The van der Waals surface area contributed by atoms with Gasteiger partial charge in [0.1, 0.15) is 0 Å². The predicted molar refractivity (Wildman–Crippen MR) is 72.7 cm³/mol. The van der Waals surface area contributed by atoms with E-state index in [0.29, 0.717) is 13.2 Å². The first-order valence-corrected chi connectivity index (χ1v) is 8.78. The molecule has 2 fully saturated rings. The van der Waals surface area contributed by atoms with Crippen molar-refractivity contribution in [2.75, 3.05) is 37.7 Å². The molecule has 2 atom stereocenters. The second-order valence-electron chi connectivity index (χ2n) is 5.46. The number of aliphatic hydroxyl groups excluding tert-OH is 1. The standard InChI is InChI=1S/C12H24N2O4S/c13-4-1-7-18-10-2-5-14(6-3-10)11-8-19(16,17)9-12(11)15/h10-12,15H,1-9,13H2. The average molecular weight is 292 g/mol. The number of hydrogen-bond acceptors (Lipinski definition) is 6. The van der Waals surface area contributed by atoms with Crippen molar-refractivity contribution in [3.63, 3.8) is 0 Å². The molecule has 0 aromatic heterocycles. The number of hydrogen-bond donors (Lipinski definition) is 2. The number of nitrogens with two attached hydrogens (primary N) is 1. The van der Waals surface area contributed by atoms with Gasteiger partial charge in [0.15, 0.2) is 9.84 Å². The summed E-state index contributed by atoms with van der Waals surface area (Å²) in [7, 11) is -3.06. The lowest BCUT2D eigenvalue weighted by Crippen LogP contribution is -2.48. The molecule has 0 radical (unpaired) electrons. The van der Waals surface area contributed by atoms with Crippen molar-refractivity contribution in [1.82, 2.24) is 4.90 Å². The highest BCUT2D eigenvalue weighted by Gasteiger charge is 2.40. The van der Waals surface area contributed by atoms with Crippen LogP contribution in [0.4, 0.5) is 0 Å². The highest BCUT2D eigenvalue weighted by atomic mass is 32.2. The van der Waals surface area contributed by atoms with Gasteiger partial charge < -0.3 is 15.6 Å². The Balaban J connectivity index is 1.77. The molecule has 3 N–H and O–H groups in total. The van der Waals surface area contributed by atoms with Crippen LogP contribution in [0.25, 0.3) is 0 Å². The van der Waals surface area contributed by atoms with Gasteiger partial charge in [-0.25, -0.2) is 8.42 Å². The van der Waals surface area contributed by atoms with Gasteiger partial charge in [-0.15, -0.1) is 0 Å². The third kappa shape index (κ3) is 4.13. The van der Waals surface area contributed by atoms with Crippen molar-refractivity contribution >= 4 is 9.84 Å². The molecule has 0 bridgehead atoms. The smallest absolute Gasteiger partial charge is 0.154 e. The molecule has 0 amide bonds. The highest BCUT2D eigenvalue weighted by Crippen LogP contribution is 2.23. The number of piperidine rings is 1. The van der Waals surface area contributed by atoms with Crippen molar-refractivity contribution in [1.29, 1.82) is 0 Å². The summed E-state index contributed by atoms with van der Waals surface area (Å²) in [5.41, 5.74) is 5.42. The van der Waals surface area contributed by atoms with Gasteiger partial charge in [0.25, 0.3) is 0 Å². The average Bonchev–Trinajstić information content (AvgIpc) is 2.64. The molecule has 2 aliphatic rings. The van der Waals surface area contributed by atoms with E-state index in [1.54, 1.807) is 0 Å². The van der Waals surface area contributed by atoms with E-state index in [0.717, 1.165) is 32.4 Å². The molecule has 2 rings (SSSR count). The van der Waals surface area contributed by atoms with Crippen LogP contribution in [0.2, 0.25) is 0 Å². The first kappa shape index (κ1) is 15.2. The van der Waals surface area contributed by atoms with Gasteiger partial charge in [-0.05, 0) is 25.8 Å². The van der Waals surface area contributed by atoms with Crippen LogP contribution in [0, 0.1) is 0 Å². The number of sulfone groups is 1. The first-order chi connectivity index (χ1) is 9.02. The Bertz CT molecular complexity index is 379. The minimum absolute atomic E-state index is 0.0901. The molecule has 0 aromatic carbocycles. The Labute approximate surface area is 114 Å². The number of aliphatic hydroxyl groups is 1. The third-order valence-corrected chi connectivity index (χ3v) is 5.64. The second-order valence-corrected chi connectivity index (χ2v) is 7.61. The van der Waals surface area contributed by atoms with Gasteiger partial charge >= 0.3 is 0 Å². The van der Waals surface area contributed by atoms with E-state index in [4.69, 9.17) is 10.5 Å². The van der Waals surface area contributed by atoms with Crippen LogP contribution < -0.4 is 5.73 Å². The number of likely N-dealkylation sites (tertiary alicyclic amines) is 1. The summed E-state index contributed by atoms with van der Waals surface area (Å²) in [6.07, 6.45) is 2.18. The molecule has 0 spiro atoms. The quantitative estimate of drug-likeness (QED) is 0.630. The molecular formula is C12H24N2O4S. The molecular weight excluding hydrogens is 268 g/mol. The van der Waals surface area contributed by atoms with Crippen LogP contribution >= 0.6 is 0 Å². The Morgan fingerprint density at radius 3 is 2.47 bits per heavy atom. The molecule has 0 saturated carbocycles. The highest BCUT2D eigenvalue weighted by molar-refractivity contribution is 7.91. The minimum Gasteiger partial charge on any atom is -0.390 e. The van der Waals surface area contributed by atoms with E-state index in [2.05, 4.69) is 4.90 Å². The second kappa shape index (κ2) is 6.49. The molecule has 2 heterocycles. The zero-order chi connectivity index (χ0) is 13.9. The summed E-state index contributed by atoms with van der Waals surface area (Å²) in [4.78, 5) is 2.10. The van der Waals surface area contributed by atoms with E-state index in [9.17, 15) is 13.5 Å². The lowest BCUT2D eigenvalue weighted by molar-refractivity contribution is -0.0137. The van der Waals surface area contributed by atoms with Gasteiger partial charge in [0, 0.05) is 19.7 Å². The van der Waals surface area contributed by atoms with Gasteiger partial charge in [0.2, 0.25) is 0 Å². The Hall–Kier alpha value is -0.210. The Morgan fingerprint density at radius 2 is 1.95 bits per heavy atom. The fourth-order valence-corrected chi connectivity index (χ4v) is 4.70. The largest absolute Gasteiger partial charge is 0.390 e. The summed E-state index contributed by atoms with van der Waals surface area (Å²) in [6, 6.07) is -0.227. The van der Waals surface area contributed by atoms with Crippen molar-refractivity contribution in [2.24, 2.45) is 5.73 Å². The summed E-state index contributed by atoms with van der Waals surface area (Å²) >= 11 is 0. The van der Waals surface area contributed by atoms with Crippen molar-refractivity contribution in [3.05, 3.63) is 0 Å². The normalized spacial score (nSPS) is 32.7. The summed E-state index contributed by atoms with van der Waals surface area (Å²) in [5.74, 6) is -0.00252. The van der Waals surface area contributed by atoms with Crippen LogP contribution in [0.15, 0.2) is 0 Å². The zero-order valence-electron chi connectivity index (χ0n) is 11.2. The third-order valence-electron chi connectivity index (χ3n) is 3.94. The van der Waals surface area contributed by atoms with Gasteiger partial charge in [-0.2, -0.15) is 0 Å². The number of rotatable bonds is 5. The number of nitrogens with zero attached hydrogens (tertiary/aromatic N) is 1. The lowest BCUT2D eigenvalue weighted by Gasteiger charge is -2.36. The van der Waals surface area contributed by atoms with Crippen LogP contribution in [-0.2, 0) is 14.6 Å². The predicted octanol–water partition coefficient (Wildman–Crippen LogP) is -1.03. The number of ether oxygens (including phenoxy) is 1. The van der Waals surface area contributed by atoms with Crippen molar-refractivity contribution < 1.29 is 18.3 Å². The summed E-state index contributed by atoms with van der Waals surface area (Å²) in [6.45, 7) is 2.93. The van der Waals surface area contributed by atoms with Crippen molar-refractivity contribution in [3.8, 4) is 0 Å². The van der Waals surface area contributed by atoms with Gasteiger partial charge in [-0.3, -0.25) is 4.90 Å². The van der Waals surface area contributed by atoms with Crippen LogP contribution in [0.3, 0.4) is 0 Å². The zero-order valence-corrected chi connectivity index (χ0v) is 12.0. The molecule has 0 aromatic rings. The van der Waals surface area contributed by atoms with Crippen LogP contribution in [-0.4, -0.2) is 74.4 Å². The first-order valence-electron chi connectivity index (χ1n) is 6.96. The van der Waals surface area contributed by atoms with E-state index in [1.807, 2.05) is 0 Å². The maximum atomic E-state index is 11.5. The molecule has 2 aliphatic heterocycles. The summed E-state index contributed by atoms with van der Waals surface area (Å²) in [5, 5.41) is 9.85. The lowest BCUT2D eigenvalue weighted by atomic mass is 10.0. The molecule has 19 heavy (non-hydrogen) atoms. The van der Waals surface area contributed by atoms with E-state index < -0.39 is 15.9 Å². The minimum atomic E-state index is -3.06. The SMILES string of the molecule is NCCCOC1CCN(C2CS(=O)(=O)CC2O)CC1. The van der Waals surface area contributed by atoms with E-state index >= 15 is 0 Å². The fourth-order valence-electron chi connectivity index (χ4n) is 2.87. The van der Waals surface area contributed by atoms with E-state index in [1.165, 1.54) is 0 Å². The van der Waals surface area contributed by atoms with Gasteiger partial charge in [0.05, 0.1) is 29.8 Å². The molecule has 2 unspecified atom stereocenters. The van der Waals surface area contributed by atoms with E-state index in [-0.39, 0.29) is 23.7 Å². The van der Waals surface area contributed by atoms with Gasteiger partial charge in [-0.1, -0.05) is 0 Å². The molecule has 6 nitrogen and oxygen atoms in total. The van der Waals surface area contributed by atoms with Crippen LogP contribution in [0.1, 0.15) is 19.3 Å². The fraction of sp³-hybridized carbons (Fsp3) is 1.00. The molecule has 7 heteroatoms. The Kier molecular flexibility index (Phi) is 5.19. The topological polar surface area (TPSA) is 92.9 Å².